The van der Waals surface area contributed by atoms with Crippen LogP contribution in [0.4, 0.5) is 0 Å². The zero-order chi connectivity index (χ0) is 5.28. The summed E-state index contributed by atoms with van der Waals surface area (Å²) in [4.78, 5) is 0. The van der Waals surface area contributed by atoms with Crippen LogP contribution in [0.3, 0.4) is 0 Å². The zero-order valence-corrected chi connectivity index (χ0v) is 3.72. The van der Waals surface area contributed by atoms with Crippen molar-refractivity contribution in [2.75, 3.05) is 0 Å². The summed E-state index contributed by atoms with van der Waals surface area (Å²) in [6.07, 6.45) is 1.45. The van der Waals surface area contributed by atoms with E-state index in [1.807, 2.05) is 0 Å². The summed E-state index contributed by atoms with van der Waals surface area (Å²) in [5, 5.41) is 0. The molecule has 0 aromatic carbocycles. The first-order valence-electron chi connectivity index (χ1n) is 1.89. The van der Waals surface area contributed by atoms with E-state index in [1.54, 1.807) is 6.07 Å². The molecule has 0 atom stereocenters. The highest BCUT2D eigenvalue weighted by molar-refractivity contribution is 5.21. The molecule has 0 fully saturated rings. The smallest absolute Gasteiger partial charge is 0.111 e. The van der Waals surface area contributed by atoms with E-state index in [4.69, 9.17) is 13.8 Å². The molecule has 0 amide bonds. The predicted molar refractivity (Wildman–Crippen MR) is 25.5 cm³/mol. The van der Waals surface area contributed by atoms with E-state index in [0.717, 1.165) is 0 Å². The monoisotopic (exact) mass is 92.0 g/mol. The fraction of sp³-hybridized carbons (Fsp3) is 0. The number of rotatable bonds is 0. The van der Waals surface area contributed by atoms with Crippen molar-refractivity contribution in [3.05, 3.63) is 37.5 Å². The van der Waals surface area contributed by atoms with Crippen molar-refractivity contribution >= 4 is 0 Å². The van der Waals surface area contributed by atoms with Crippen LogP contribution in [0, 0.1) is 13.8 Å². The average molecular weight is 92.1 g/mol. The second-order valence-electron chi connectivity index (χ2n) is 1.24. The van der Waals surface area contributed by atoms with Crippen LogP contribution in [0.25, 0.3) is 0 Å². The molecule has 0 spiro atoms. The van der Waals surface area contributed by atoms with Gasteiger partial charge in [-0.05, 0) is 11.6 Å². The summed E-state index contributed by atoms with van der Waals surface area (Å²) in [5.41, 5.74) is 0.500. The highest BCUT2D eigenvalue weighted by atomic mass is 16.3. The largest absolute Gasteiger partial charge is 0.469 e. The SMILES string of the molecule is [CH]c1ccoc1[CH]. The summed E-state index contributed by atoms with van der Waals surface area (Å²) >= 11 is 0. The van der Waals surface area contributed by atoms with Gasteiger partial charge in [-0.2, -0.15) is 0 Å². The minimum Gasteiger partial charge on any atom is -0.469 e. The normalized spacial score (nSPS) is 9.43. The predicted octanol–water partition coefficient (Wildman–Crippen LogP) is 1.40. The van der Waals surface area contributed by atoms with Crippen molar-refractivity contribution in [2.24, 2.45) is 0 Å². The van der Waals surface area contributed by atoms with Gasteiger partial charge in [-0.25, -0.2) is 0 Å². The maximum atomic E-state index is 5.22. The van der Waals surface area contributed by atoms with Crippen molar-refractivity contribution in [1.29, 1.82) is 0 Å². The van der Waals surface area contributed by atoms with Gasteiger partial charge in [0.05, 0.1) is 6.26 Å². The summed E-state index contributed by atoms with van der Waals surface area (Å²) in [6, 6.07) is 1.61. The van der Waals surface area contributed by atoms with Gasteiger partial charge in [0.25, 0.3) is 0 Å². The number of furan rings is 1. The highest BCUT2D eigenvalue weighted by Gasteiger charge is 1.89. The molecule has 7 heavy (non-hydrogen) atoms. The third-order valence-corrected chi connectivity index (χ3v) is 0.727. The molecule has 1 heterocycles. The first-order valence-corrected chi connectivity index (χ1v) is 1.89. The van der Waals surface area contributed by atoms with Gasteiger partial charge in [0.2, 0.25) is 0 Å². The van der Waals surface area contributed by atoms with Crippen molar-refractivity contribution in [3.8, 4) is 0 Å². The molecule has 0 unspecified atom stereocenters. The molecule has 1 rings (SSSR count). The second-order valence-corrected chi connectivity index (χ2v) is 1.24. The Morgan fingerprint density at radius 2 is 2.14 bits per heavy atom. The fourth-order valence-electron chi connectivity index (χ4n) is 0.331. The van der Waals surface area contributed by atoms with E-state index >= 15 is 0 Å². The Morgan fingerprint density at radius 1 is 1.43 bits per heavy atom. The molecule has 1 heteroatoms. The molecule has 34 valence electrons. The van der Waals surface area contributed by atoms with E-state index in [2.05, 4.69) is 4.42 Å². The molecule has 0 aliphatic heterocycles. The first kappa shape index (κ1) is 4.44. The zero-order valence-electron chi connectivity index (χ0n) is 3.72. The van der Waals surface area contributed by atoms with Gasteiger partial charge in [-0.1, -0.05) is 0 Å². The number of hydrogen-bond donors (Lipinski definition) is 0. The summed E-state index contributed by atoms with van der Waals surface area (Å²) in [7, 11) is 0. The Morgan fingerprint density at radius 3 is 2.29 bits per heavy atom. The third kappa shape index (κ3) is 0.660. The number of hydrogen-bond acceptors (Lipinski definition) is 1. The molecule has 0 aliphatic carbocycles. The van der Waals surface area contributed by atoms with E-state index in [9.17, 15) is 0 Å². The minimum absolute atomic E-state index is 0.292. The van der Waals surface area contributed by atoms with Crippen LogP contribution < -0.4 is 0 Å². The Bertz CT molecular complexity index is 136. The van der Waals surface area contributed by atoms with Gasteiger partial charge in [-0.3, -0.25) is 0 Å². The molecule has 0 bridgehead atoms. The molecule has 0 saturated heterocycles. The van der Waals surface area contributed by atoms with Crippen LogP contribution >= 0.6 is 0 Å². The maximum absolute atomic E-state index is 5.22. The van der Waals surface area contributed by atoms with Gasteiger partial charge in [0.15, 0.2) is 0 Å². The molecule has 0 N–H and O–H groups in total. The molecule has 4 radical (unpaired) electrons. The lowest BCUT2D eigenvalue weighted by Gasteiger charge is -1.77. The fourth-order valence-corrected chi connectivity index (χ4v) is 0.331. The highest BCUT2D eigenvalue weighted by Crippen LogP contribution is 2.04. The standard InChI is InChI=1S/C6H4O/c1-5-3-4-7-6(5)2/h1-4H. The third-order valence-electron chi connectivity index (χ3n) is 0.727. The summed E-state index contributed by atoms with van der Waals surface area (Å²) in [6.45, 7) is 10.4. The van der Waals surface area contributed by atoms with E-state index in [0.29, 0.717) is 11.3 Å². The molecule has 0 saturated carbocycles. The quantitative estimate of drug-likeness (QED) is 0.471. The van der Waals surface area contributed by atoms with Crippen molar-refractivity contribution < 1.29 is 4.42 Å². The van der Waals surface area contributed by atoms with Gasteiger partial charge in [0, 0.05) is 13.8 Å². The topological polar surface area (TPSA) is 13.1 Å². The van der Waals surface area contributed by atoms with Crippen LogP contribution in [-0.2, 0) is 0 Å². The van der Waals surface area contributed by atoms with Crippen molar-refractivity contribution in [2.45, 2.75) is 0 Å². The second kappa shape index (κ2) is 1.41. The van der Waals surface area contributed by atoms with E-state index < -0.39 is 0 Å². The molecule has 1 aromatic heterocycles. The van der Waals surface area contributed by atoms with Gasteiger partial charge in [-0.15, -0.1) is 0 Å². The van der Waals surface area contributed by atoms with Crippen molar-refractivity contribution in [3.63, 3.8) is 0 Å². The Labute approximate surface area is 43.0 Å². The summed E-state index contributed by atoms with van der Waals surface area (Å²) in [5.74, 6) is 0.292. The lowest BCUT2D eigenvalue weighted by atomic mass is 10.3. The van der Waals surface area contributed by atoms with Crippen LogP contribution in [0.2, 0.25) is 0 Å². The molecule has 0 aliphatic rings. The minimum atomic E-state index is 0.292. The Balaban J connectivity index is 3.12. The lowest BCUT2D eigenvalue weighted by Crippen LogP contribution is -1.63. The van der Waals surface area contributed by atoms with Gasteiger partial charge < -0.3 is 4.42 Å². The van der Waals surface area contributed by atoms with E-state index in [1.165, 1.54) is 6.26 Å². The van der Waals surface area contributed by atoms with Crippen LogP contribution in [0.15, 0.2) is 16.7 Å². The Kier molecular flexibility index (Phi) is 0.895. The van der Waals surface area contributed by atoms with Crippen LogP contribution in [0.5, 0.6) is 0 Å². The van der Waals surface area contributed by atoms with Crippen molar-refractivity contribution in [1.82, 2.24) is 0 Å². The van der Waals surface area contributed by atoms with Crippen LogP contribution in [0.1, 0.15) is 11.3 Å². The molecule has 1 nitrogen and oxygen atoms in total. The average Bonchev–Trinajstić information content (AvgIpc) is 1.91. The van der Waals surface area contributed by atoms with E-state index in [-0.39, 0.29) is 0 Å². The Hall–Kier alpha value is -0.720. The summed E-state index contributed by atoms with van der Waals surface area (Å²) < 4.78 is 4.62. The lowest BCUT2D eigenvalue weighted by molar-refractivity contribution is 0.547. The first-order chi connectivity index (χ1) is 3.30. The molecular weight excluding hydrogens is 88.1 g/mol. The maximum Gasteiger partial charge on any atom is 0.111 e. The molecular formula is C6H4O. The van der Waals surface area contributed by atoms with Crippen LogP contribution in [-0.4, -0.2) is 0 Å². The van der Waals surface area contributed by atoms with Gasteiger partial charge in [0.1, 0.15) is 5.76 Å². The van der Waals surface area contributed by atoms with Gasteiger partial charge >= 0.3 is 0 Å². The molecule has 1 aromatic rings.